The fourth-order valence-corrected chi connectivity index (χ4v) is 3.08. The zero-order chi connectivity index (χ0) is 15.4. The van der Waals surface area contributed by atoms with E-state index in [1.807, 2.05) is 4.90 Å². The van der Waals surface area contributed by atoms with Crippen molar-refractivity contribution in [3.63, 3.8) is 0 Å². The number of aromatic nitrogens is 1. The number of morpholine rings is 1. The molecule has 3 heterocycles. The normalized spacial score (nSPS) is 22.5. The van der Waals surface area contributed by atoms with Crippen LogP contribution in [0.3, 0.4) is 0 Å². The number of amides is 2. The van der Waals surface area contributed by atoms with Crippen LogP contribution in [0.4, 0.5) is 0 Å². The summed E-state index contributed by atoms with van der Waals surface area (Å²) in [5.74, 6) is 0.0649. The zero-order valence-corrected chi connectivity index (χ0v) is 12.6. The summed E-state index contributed by atoms with van der Waals surface area (Å²) in [4.78, 5) is 32.7. The Balaban J connectivity index is 1.63. The second-order valence-corrected chi connectivity index (χ2v) is 5.76. The number of hydrogen-bond acceptors (Lipinski definition) is 4. The Kier molecular flexibility index (Phi) is 4.68. The number of likely N-dealkylation sites (tertiary alicyclic amines) is 1. The van der Waals surface area contributed by atoms with Crippen molar-refractivity contribution >= 4 is 11.8 Å². The zero-order valence-electron chi connectivity index (χ0n) is 12.6. The first-order valence-electron chi connectivity index (χ1n) is 7.81. The van der Waals surface area contributed by atoms with Gasteiger partial charge in [-0.3, -0.25) is 14.6 Å². The van der Waals surface area contributed by atoms with Gasteiger partial charge in [-0.05, 0) is 25.0 Å². The van der Waals surface area contributed by atoms with Gasteiger partial charge in [-0.1, -0.05) is 0 Å². The molecule has 0 bridgehead atoms. The van der Waals surface area contributed by atoms with Gasteiger partial charge in [0.25, 0.3) is 5.91 Å². The van der Waals surface area contributed by atoms with Crippen LogP contribution in [0.5, 0.6) is 0 Å². The summed E-state index contributed by atoms with van der Waals surface area (Å²) in [6.07, 6.45) is 4.97. The molecule has 6 nitrogen and oxygen atoms in total. The van der Waals surface area contributed by atoms with Crippen LogP contribution in [0.25, 0.3) is 0 Å². The Morgan fingerprint density at radius 2 is 1.82 bits per heavy atom. The van der Waals surface area contributed by atoms with E-state index < -0.39 is 0 Å². The highest BCUT2D eigenvalue weighted by atomic mass is 16.5. The summed E-state index contributed by atoms with van der Waals surface area (Å²) >= 11 is 0. The van der Waals surface area contributed by atoms with Gasteiger partial charge in [-0.2, -0.15) is 0 Å². The third-order valence-corrected chi connectivity index (χ3v) is 4.31. The van der Waals surface area contributed by atoms with Crippen LogP contribution in [0.2, 0.25) is 0 Å². The molecule has 2 saturated heterocycles. The minimum Gasteiger partial charge on any atom is -0.378 e. The van der Waals surface area contributed by atoms with E-state index >= 15 is 0 Å². The van der Waals surface area contributed by atoms with Gasteiger partial charge in [0, 0.05) is 44.1 Å². The van der Waals surface area contributed by atoms with Crippen molar-refractivity contribution in [2.24, 2.45) is 5.92 Å². The Morgan fingerprint density at radius 1 is 1.09 bits per heavy atom. The number of carbonyl (C=O) groups is 2. The molecule has 2 aliphatic rings. The monoisotopic (exact) mass is 303 g/mol. The molecule has 0 aliphatic carbocycles. The first-order valence-corrected chi connectivity index (χ1v) is 7.81. The molecule has 0 N–H and O–H groups in total. The standard InChI is InChI=1S/C16H21N3O3/c20-15(13-3-5-17-6-4-13)19-7-1-2-14(12-19)16(21)18-8-10-22-11-9-18/h3-6,14H,1-2,7-12H2/t14-/m1/s1. The predicted octanol–water partition coefficient (Wildman–Crippen LogP) is 0.793. The number of ether oxygens (including phenoxy) is 1. The number of pyridine rings is 1. The number of carbonyl (C=O) groups excluding carboxylic acids is 2. The Labute approximate surface area is 130 Å². The first kappa shape index (κ1) is 15.0. The summed E-state index contributed by atoms with van der Waals surface area (Å²) in [5.41, 5.74) is 0.634. The number of nitrogens with zero attached hydrogens (tertiary/aromatic N) is 3. The van der Waals surface area contributed by atoms with Gasteiger partial charge in [0.1, 0.15) is 0 Å². The lowest BCUT2D eigenvalue weighted by Gasteiger charge is -2.36. The lowest BCUT2D eigenvalue weighted by atomic mass is 9.95. The van der Waals surface area contributed by atoms with Crippen molar-refractivity contribution in [2.45, 2.75) is 12.8 Å². The average Bonchev–Trinajstić information content (AvgIpc) is 2.62. The minimum absolute atomic E-state index is 0.0122. The molecule has 1 aromatic rings. The fraction of sp³-hybridized carbons (Fsp3) is 0.562. The van der Waals surface area contributed by atoms with E-state index in [4.69, 9.17) is 4.74 Å². The molecule has 0 saturated carbocycles. The molecular weight excluding hydrogens is 282 g/mol. The van der Waals surface area contributed by atoms with Crippen molar-refractivity contribution in [2.75, 3.05) is 39.4 Å². The van der Waals surface area contributed by atoms with Crippen LogP contribution >= 0.6 is 0 Å². The van der Waals surface area contributed by atoms with Crippen molar-refractivity contribution < 1.29 is 14.3 Å². The van der Waals surface area contributed by atoms with Crippen LogP contribution in [-0.4, -0.2) is 66.0 Å². The maximum absolute atomic E-state index is 12.6. The minimum atomic E-state index is -0.0855. The second-order valence-electron chi connectivity index (χ2n) is 5.76. The lowest BCUT2D eigenvalue weighted by Crippen LogP contribution is -2.49. The summed E-state index contributed by atoms with van der Waals surface area (Å²) in [6.45, 7) is 3.77. The maximum Gasteiger partial charge on any atom is 0.253 e. The average molecular weight is 303 g/mol. The van der Waals surface area contributed by atoms with E-state index in [9.17, 15) is 9.59 Å². The molecule has 2 aliphatic heterocycles. The van der Waals surface area contributed by atoms with Gasteiger partial charge in [0.15, 0.2) is 0 Å². The summed E-state index contributed by atoms with van der Waals surface area (Å²) in [5, 5.41) is 0. The highest BCUT2D eigenvalue weighted by Gasteiger charge is 2.32. The van der Waals surface area contributed by atoms with E-state index in [0.29, 0.717) is 45.0 Å². The Bertz CT molecular complexity index is 529. The third-order valence-electron chi connectivity index (χ3n) is 4.31. The summed E-state index contributed by atoms with van der Waals surface area (Å²) in [6, 6.07) is 3.44. The molecule has 22 heavy (non-hydrogen) atoms. The third kappa shape index (κ3) is 3.27. The number of hydrogen-bond donors (Lipinski definition) is 0. The van der Waals surface area contributed by atoms with Crippen molar-refractivity contribution in [3.8, 4) is 0 Å². The van der Waals surface area contributed by atoms with Crippen LogP contribution in [0.1, 0.15) is 23.2 Å². The Morgan fingerprint density at radius 3 is 2.55 bits per heavy atom. The van der Waals surface area contributed by atoms with E-state index in [1.165, 1.54) is 0 Å². The molecule has 1 aromatic heterocycles. The second kappa shape index (κ2) is 6.87. The van der Waals surface area contributed by atoms with Gasteiger partial charge in [-0.15, -0.1) is 0 Å². The highest BCUT2D eigenvalue weighted by Crippen LogP contribution is 2.21. The van der Waals surface area contributed by atoms with Gasteiger partial charge in [0.05, 0.1) is 19.1 Å². The fourth-order valence-electron chi connectivity index (χ4n) is 3.08. The molecular formula is C16H21N3O3. The van der Waals surface area contributed by atoms with Crippen molar-refractivity contribution in [3.05, 3.63) is 30.1 Å². The maximum atomic E-state index is 12.6. The smallest absolute Gasteiger partial charge is 0.253 e. The number of rotatable bonds is 2. The highest BCUT2D eigenvalue weighted by molar-refractivity contribution is 5.94. The molecule has 1 atom stereocenters. The van der Waals surface area contributed by atoms with E-state index in [-0.39, 0.29) is 17.7 Å². The summed E-state index contributed by atoms with van der Waals surface area (Å²) < 4.78 is 5.29. The quantitative estimate of drug-likeness (QED) is 0.810. The van der Waals surface area contributed by atoms with E-state index in [2.05, 4.69) is 4.98 Å². The Hall–Kier alpha value is -1.95. The van der Waals surface area contributed by atoms with Crippen LogP contribution in [0.15, 0.2) is 24.5 Å². The van der Waals surface area contributed by atoms with Crippen LogP contribution < -0.4 is 0 Å². The SMILES string of the molecule is O=C(c1ccncc1)N1CCC[C@@H](C(=O)N2CCOCC2)C1. The van der Waals surface area contributed by atoms with Gasteiger partial charge in [0.2, 0.25) is 5.91 Å². The topological polar surface area (TPSA) is 62.7 Å². The molecule has 0 unspecified atom stereocenters. The molecule has 0 spiro atoms. The van der Waals surface area contributed by atoms with Crippen molar-refractivity contribution in [1.82, 2.24) is 14.8 Å². The molecule has 3 rings (SSSR count). The van der Waals surface area contributed by atoms with Crippen LogP contribution in [-0.2, 0) is 9.53 Å². The molecule has 0 aromatic carbocycles. The molecule has 2 amide bonds. The number of piperidine rings is 1. The van der Waals surface area contributed by atoms with Gasteiger partial charge >= 0.3 is 0 Å². The lowest BCUT2D eigenvalue weighted by molar-refractivity contribution is -0.141. The molecule has 118 valence electrons. The molecule has 0 radical (unpaired) electrons. The van der Waals surface area contributed by atoms with Crippen molar-refractivity contribution in [1.29, 1.82) is 0 Å². The van der Waals surface area contributed by atoms with Gasteiger partial charge in [-0.25, -0.2) is 0 Å². The largest absolute Gasteiger partial charge is 0.378 e. The van der Waals surface area contributed by atoms with Gasteiger partial charge < -0.3 is 14.5 Å². The molecule has 2 fully saturated rings. The predicted molar refractivity (Wildman–Crippen MR) is 80.3 cm³/mol. The molecule has 6 heteroatoms. The summed E-state index contributed by atoms with van der Waals surface area (Å²) in [7, 11) is 0. The van der Waals surface area contributed by atoms with E-state index in [0.717, 1.165) is 12.8 Å². The first-order chi connectivity index (χ1) is 10.8. The van der Waals surface area contributed by atoms with Crippen LogP contribution in [0, 0.1) is 5.92 Å². The van der Waals surface area contributed by atoms with E-state index in [1.54, 1.807) is 29.4 Å².